The van der Waals surface area contributed by atoms with Gasteiger partial charge in [-0.3, -0.25) is 4.79 Å². The van der Waals surface area contributed by atoms with Gasteiger partial charge in [0.25, 0.3) is 6.43 Å². The van der Waals surface area contributed by atoms with E-state index in [1.807, 2.05) is 0 Å². The smallest absolute Gasteiger partial charge is 0.282 e. The summed E-state index contributed by atoms with van der Waals surface area (Å²) in [5, 5.41) is 3.88. The van der Waals surface area contributed by atoms with Gasteiger partial charge in [0, 0.05) is 5.02 Å². The lowest BCUT2D eigenvalue weighted by molar-refractivity contribution is 0.110. The number of hydrogen-bond donors (Lipinski definition) is 0. The van der Waals surface area contributed by atoms with Gasteiger partial charge in [0.05, 0.1) is 11.3 Å². The minimum Gasteiger partial charge on any atom is -0.298 e. The Bertz CT molecular complexity index is 599. The van der Waals surface area contributed by atoms with E-state index in [0.29, 0.717) is 10.7 Å². The molecule has 2 aromatic rings. The lowest BCUT2D eigenvalue weighted by Gasteiger charge is -2.02. The quantitative estimate of drug-likeness (QED) is 0.803. The first-order chi connectivity index (χ1) is 8.54. The highest BCUT2D eigenvalue weighted by molar-refractivity contribution is 6.32. The van der Waals surface area contributed by atoms with Crippen molar-refractivity contribution >= 4 is 29.5 Å². The number of carbonyl (C=O) groups excluding carboxylic acids is 1. The van der Waals surface area contributed by atoms with Crippen molar-refractivity contribution in [3.8, 4) is 5.69 Å². The highest BCUT2D eigenvalue weighted by atomic mass is 35.5. The molecule has 0 N–H and O–H groups in total. The van der Waals surface area contributed by atoms with E-state index < -0.39 is 12.1 Å². The number of carbonyl (C=O) groups is 1. The zero-order valence-electron chi connectivity index (χ0n) is 8.78. The normalized spacial score (nSPS) is 10.9. The summed E-state index contributed by atoms with van der Waals surface area (Å²) >= 11 is 11.6. The summed E-state index contributed by atoms with van der Waals surface area (Å²) in [5.41, 5.74) is -0.552. The van der Waals surface area contributed by atoms with E-state index in [2.05, 4.69) is 5.10 Å². The molecule has 2 rings (SSSR count). The van der Waals surface area contributed by atoms with E-state index >= 15 is 0 Å². The Morgan fingerprint density at radius 1 is 1.33 bits per heavy atom. The van der Waals surface area contributed by atoms with E-state index in [0.717, 1.165) is 4.68 Å². The van der Waals surface area contributed by atoms with Crippen molar-refractivity contribution in [3.63, 3.8) is 0 Å². The average molecular weight is 291 g/mol. The number of hydrogen-bond acceptors (Lipinski definition) is 2. The van der Waals surface area contributed by atoms with E-state index in [4.69, 9.17) is 23.2 Å². The maximum Gasteiger partial charge on any atom is 0.282 e. The second kappa shape index (κ2) is 5.04. The van der Waals surface area contributed by atoms with Crippen molar-refractivity contribution in [1.82, 2.24) is 9.78 Å². The summed E-state index contributed by atoms with van der Waals surface area (Å²) < 4.78 is 26.4. The molecule has 0 unspecified atom stereocenters. The molecule has 7 heteroatoms. The standard InChI is InChI=1S/C11H6Cl2F2N2O/c12-6-2-1-3-7(4-6)17-10(13)8(5-18)9(16-17)11(14)15/h1-5,11H. The Kier molecular flexibility index (Phi) is 3.63. The Balaban J connectivity index is 2.62. The number of aromatic nitrogens is 2. The number of nitrogens with zero attached hydrogens (tertiary/aromatic N) is 2. The Hall–Kier alpha value is -1.46. The molecule has 3 nitrogen and oxygen atoms in total. The van der Waals surface area contributed by atoms with Crippen molar-refractivity contribution in [1.29, 1.82) is 0 Å². The fraction of sp³-hybridized carbons (Fsp3) is 0.0909. The first kappa shape index (κ1) is 13.0. The van der Waals surface area contributed by atoms with Crippen molar-refractivity contribution in [2.24, 2.45) is 0 Å². The zero-order valence-corrected chi connectivity index (χ0v) is 10.3. The predicted molar refractivity (Wildman–Crippen MR) is 63.9 cm³/mol. The minimum absolute atomic E-state index is 0.164. The number of benzene rings is 1. The Morgan fingerprint density at radius 2 is 2.06 bits per heavy atom. The van der Waals surface area contributed by atoms with Crippen LogP contribution < -0.4 is 0 Å². The molecule has 0 radical (unpaired) electrons. The molecule has 0 aliphatic carbocycles. The van der Waals surface area contributed by atoms with Gasteiger partial charge in [0.2, 0.25) is 0 Å². The van der Waals surface area contributed by atoms with E-state index in [1.54, 1.807) is 18.2 Å². The number of alkyl halides is 2. The average Bonchev–Trinajstić information content (AvgIpc) is 2.66. The molecule has 18 heavy (non-hydrogen) atoms. The molecular formula is C11H6Cl2F2N2O. The molecule has 0 atom stereocenters. The Labute approximate surface area is 111 Å². The third-order valence-corrected chi connectivity index (χ3v) is 2.87. The van der Waals surface area contributed by atoms with Crippen LogP contribution in [-0.4, -0.2) is 16.1 Å². The summed E-state index contributed by atoms with van der Waals surface area (Å²) in [5.74, 6) is 0. The molecule has 1 aromatic carbocycles. The van der Waals surface area contributed by atoms with Crippen LogP contribution in [0.5, 0.6) is 0 Å². The highest BCUT2D eigenvalue weighted by Gasteiger charge is 2.23. The first-order valence-electron chi connectivity index (χ1n) is 4.82. The summed E-state index contributed by atoms with van der Waals surface area (Å²) in [6.45, 7) is 0. The SMILES string of the molecule is O=Cc1c(C(F)F)nn(-c2cccc(Cl)c2)c1Cl. The summed E-state index contributed by atoms with van der Waals surface area (Å²) in [6, 6.07) is 6.34. The van der Waals surface area contributed by atoms with Gasteiger partial charge in [-0.1, -0.05) is 29.3 Å². The fourth-order valence-corrected chi connectivity index (χ4v) is 1.94. The van der Waals surface area contributed by atoms with Crippen LogP contribution >= 0.6 is 23.2 Å². The minimum atomic E-state index is -2.87. The molecule has 0 saturated carbocycles. The van der Waals surface area contributed by atoms with Crippen LogP contribution in [0.25, 0.3) is 5.69 Å². The number of halogens is 4. The second-order valence-corrected chi connectivity index (χ2v) is 4.19. The van der Waals surface area contributed by atoms with Crippen LogP contribution in [0.1, 0.15) is 22.5 Å². The van der Waals surface area contributed by atoms with Gasteiger partial charge in [0.1, 0.15) is 10.8 Å². The van der Waals surface area contributed by atoms with Crippen LogP contribution in [0.3, 0.4) is 0 Å². The maximum atomic E-state index is 12.7. The van der Waals surface area contributed by atoms with Crippen LogP contribution in [-0.2, 0) is 0 Å². The van der Waals surface area contributed by atoms with Gasteiger partial charge in [-0.2, -0.15) is 5.10 Å². The number of aldehydes is 1. The van der Waals surface area contributed by atoms with E-state index in [1.165, 1.54) is 6.07 Å². The molecule has 0 saturated heterocycles. The molecule has 0 spiro atoms. The summed E-state index contributed by atoms with van der Waals surface area (Å²) in [7, 11) is 0. The van der Waals surface area contributed by atoms with Gasteiger partial charge in [-0.05, 0) is 18.2 Å². The van der Waals surface area contributed by atoms with E-state index in [-0.39, 0.29) is 17.0 Å². The molecule has 94 valence electrons. The predicted octanol–water partition coefficient (Wildman–Crippen LogP) is 3.93. The van der Waals surface area contributed by atoms with Gasteiger partial charge < -0.3 is 0 Å². The van der Waals surface area contributed by atoms with Crippen molar-refractivity contribution in [3.05, 3.63) is 45.7 Å². The lowest BCUT2D eigenvalue weighted by atomic mass is 10.3. The molecule has 0 bridgehead atoms. The van der Waals surface area contributed by atoms with Gasteiger partial charge >= 0.3 is 0 Å². The van der Waals surface area contributed by atoms with Crippen LogP contribution in [0.15, 0.2) is 24.3 Å². The van der Waals surface area contributed by atoms with Crippen LogP contribution in [0.4, 0.5) is 8.78 Å². The topological polar surface area (TPSA) is 34.9 Å². The largest absolute Gasteiger partial charge is 0.298 e. The van der Waals surface area contributed by atoms with Crippen molar-refractivity contribution in [2.45, 2.75) is 6.43 Å². The first-order valence-corrected chi connectivity index (χ1v) is 5.58. The molecule has 0 fully saturated rings. The van der Waals surface area contributed by atoms with E-state index in [9.17, 15) is 13.6 Å². The molecular weight excluding hydrogens is 285 g/mol. The highest BCUT2D eigenvalue weighted by Crippen LogP contribution is 2.29. The van der Waals surface area contributed by atoms with Gasteiger partial charge in [0.15, 0.2) is 6.29 Å². The molecule has 0 aliphatic heterocycles. The molecule has 0 amide bonds. The van der Waals surface area contributed by atoms with Crippen LogP contribution in [0, 0.1) is 0 Å². The monoisotopic (exact) mass is 290 g/mol. The molecule has 1 aromatic heterocycles. The van der Waals surface area contributed by atoms with Crippen molar-refractivity contribution < 1.29 is 13.6 Å². The van der Waals surface area contributed by atoms with Crippen LogP contribution in [0.2, 0.25) is 10.2 Å². The summed E-state index contributed by atoms with van der Waals surface area (Å²) in [4.78, 5) is 10.8. The fourth-order valence-electron chi connectivity index (χ4n) is 1.47. The van der Waals surface area contributed by atoms with Crippen molar-refractivity contribution in [2.75, 3.05) is 0 Å². The maximum absolute atomic E-state index is 12.7. The summed E-state index contributed by atoms with van der Waals surface area (Å²) in [6.07, 6.45) is -2.61. The van der Waals surface area contributed by atoms with Gasteiger partial charge in [-0.25, -0.2) is 13.5 Å². The van der Waals surface area contributed by atoms with Gasteiger partial charge in [-0.15, -0.1) is 0 Å². The zero-order chi connectivity index (χ0) is 13.3. The molecule has 0 aliphatic rings. The lowest BCUT2D eigenvalue weighted by Crippen LogP contribution is -1.97. The second-order valence-electron chi connectivity index (χ2n) is 3.40. The third-order valence-electron chi connectivity index (χ3n) is 2.27. The third kappa shape index (κ3) is 2.23. The molecule has 1 heterocycles. The number of rotatable bonds is 3. The Morgan fingerprint density at radius 3 is 2.56 bits per heavy atom.